The lowest BCUT2D eigenvalue weighted by Gasteiger charge is -2.16. The Kier molecular flexibility index (Phi) is 7.30. The lowest BCUT2D eigenvalue weighted by molar-refractivity contribution is -0.118. The highest BCUT2D eigenvalue weighted by Gasteiger charge is 2.21. The zero-order valence-corrected chi connectivity index (χ0v) is 18.7. The fourth-order valence-electron chi connectivity index (χ4n) is 3.84. The number of pyridine rings is 1. The summed E-state index contributed by atoms with van der Waals surface area (Å²) in [5.41, 5.74) is 1.30. The van der Waals surface area contributed by atoms with Gasteiger partial charge in [-0.25, -0.2) is 23.1 Å². The number of aryl methyl sites for hydroxylation is 2. The van der Waals surface area contributed by atoms with E-state index in [1.807, 2.05) is 0 Å². The van der Waals surface area contributed by atoms with Gasteiger partial charge in [0.2, 0.25) is 5.91 Å². The number of amides is 1. The number of carbonyl (C=O) groups excluding carboxylic acids is 1. The Hall–Kier alpha value is -3.49. The summed E-state index contributed by atoms with van der Waals surface area (Å²) < 4.78 is 42.3. The van der Waals surface area contributed by atoms with E-state index in [9.17, 15) is 22.8 Å². The molecule has 0 fully saturated rings. The number of aromatic nitrogens is 3. The highest BCUT2D eigenvalue weighted by molar-refractivity contribution is 5.78. The molecule has 1 N–H and O–H groups in total. The molecule has 0 radical (unpaired) electrons. The molecular formula is C24H25F3N4O2. The second kappa shape index (κ2) is 9.97. The number of allylic oxidation sites excluding steroid dienone is 1. The molecule has 174 valence electrons. The number of hydrogen-bond acceptors (Lipinski definition) is 4. The van der Waals surface area contributed by atoms with Crippen LogP contribution in [-0.2, 0) is 24.7 Å². The van der Waals surface area contributed by atoms with Crippen molar-refractivity contribution in [3.05, 3.63) is 81.4 Å². The first kappa shape index (κ1) is 24.2. The summed E-state index contributed by atoms with van der Waals surface area (Å²) in [7, 11) is 1.60. The Morgan fingerprint density at radius 1 is 1.24 bits per heavy atom. The van der Waals surface area contributed by atoms with Crippen LogP contribution in [0.25, 0.3) is 11.0 Å². The molecule has 0 aliphatic rings. The van der Waals surface area contributed by atoms with Crippen LogP contribution in [0.15, 0.2) is 47.7 Å². The number of nitrogens with zero attached hydrogens (tertiary/aromatic N) is 3. The SMILES string of the molecule is C=C(CCc1cc2c(C[C@H](C)c3cccc(C(F)F)c3F)ncnc2n(C)c1=O)NC(C)=O. The first-order chi connectivity index (χ1) is 15.6. The second-order valence-electron chi connectivity index (χ2n) is 8.03. The van der Waals surface area contributed by atoms with Crippen molar-refractivity contribution < 1.29 is 18.0 Å². The van der Waals surface area contributed by atoms with Crippen LogP contribution < -0.4 is 10.9 Å². The van der Waals surface area contributed by atoms with E-state index in [0.717, 1.165) is 6.07 Å². The maximum absolute atomic E-state index is 14.6. The number of rotatable bonds is 8. The summed E-state index contributed by atoms with van der Waals surface area (Å²) in [5.74, 6) is -1.59. The first-order valence-electron chi connectivity index (χ1n) is 10.4. The fourth-order valence-corrected chi connectivity index (χ4v) is 3.84. The minimum Gasteiger partial charge on any atom is -0.331 e. The number of carbonyl (C=O) groups is 1. The van der Waals surface area contributed by atoms with E-state index in [4.69, 9.17) is 0 Å². The van der Waals surface area contributed by atoms with Crippen LogP contribution in [-0.4, -0.2) is 20.4 Å². The van der Waals surface area contributed by atoms with Gasteiger partial charge in [-0.15, -0.1) is 0 Å². The van der Waals surface area contributed by atoms with Crippen LogP contribution in [0.3, 0.4) is 0 Å². The number of halogens is 3. The smallest absolute Gasteiger partial charge is 0.266 e. The van der Waals surface area contributed by atoms with Gasteiger partial charge in [-0.1, -0.05) is 31.7 Å². The number of nitrogens with one attached hydrogen (secondary N) is 1. The molecule has 0 aliphatic heterocycles. The molecule has 9 heteroatoms. The summed E-state index contributed by atoms with van der Waals surface area (Å²) in [6.07, 6.45) is -0.587. The molecule has 0 saturated carbocycles. The minimum absolute atomic E-state index is 0.177. The van der Waals surface area contributed by atoms with Crippen molar-refractivity contribution in [1.29, 1.82) is 0 Å². The molecule has 3 aromatic rings. The van der Waals surface area contributed by atoms with Gasteiger partial charge >= 0.3 is 0 Å². The van der Waals surface area contributed by atoms with Crippen molar-refractivity contribution in [2.75, 3.05) is 0 Å². The van der Waals surface area contributed by atoms with Crippen LogP contribution in [0.1, 0.15) is 55.0 Å². The lowest BCUT2D eigenvalue weighted by Crippen LogP contribution is -2.24. The van der Waals surface area contributed by atoms with Gasteiger partial charge in [0.1, 0.15) is 17.8 Å². The molecule has 1 amide bonds. The van der Waals surface area contributed by atoms with Crippen molar-refractivity contribution in [3.63, 3.8) is 0 Å². The molecular weight excluding hydrogens is 433 g/mol. The predicted molar refractivity (Wildman–Crippen MR) is 120 cm³/mol. The van der Waals surface area contributed by atoms with Gasteiger partial charge in [-0.2, -0.15) is 0 Å². The highest BCUT2D eigenvalue weighted by Crippen LogP contribution is 2.30. The van der Waals surface area contributed by atoms with Gasteiger partial charge < -0.3 is 5.32 Å². The highest BCUT2D eigenvalue weighted by atomic mass is 19.3. The van der Waals surface area contributed by atoms with Crippen molar-refractivity contribution in [2.45, 2.75) is 45.5 Å². The van der Waals surface area contributed by atoms with Crippen molar-refractivity contribution >= 4 is 16.9 Å². The summed E-state index contributed by atoms with van der Waals surface area (Å²) in [5, 5.41) is 3.22. The molecule has 2 heterocycles. The fraction of sp³-hybridized carbons (Fsp3) is 0.333. The third-order valence-electron chi connectivity index (χ3n) is 5.53. The van der Waals surface area contributed by atoms with Gasteiger partial charge in [0.15, 0.2) is 0 Å². The first-order valence-corrected chi connectivity index (χ1v) is 10.4. The van der Waals surface area contributed by atoms with E-state index in [0.29, 0.717) is 40.8 Å². The number of benzene rings is 1. The maximum Gasteiger partial charge on any atom is 0.266 e. The molecule has 1 atom stereocenters. The largest absolute Gasteiger partial charge is 0.331 e. The maximum atomic E-state index is 14.6. The molecule has 0 unspecified atom stereocenters. The van der Waals surface area contributed by atoms with E-state index < -0.39 is 23.7 Å². The quantitative estimate of drug-likeness (QED) is 0.545. The third-order valence-corrected chi connectivity index (χ3v) is 5.53. The van der Waals surface area contributed by atoms with Crippen LogP contribution in [0.5, 0.6) is 0 Å². The summed E-state index contributed by atoms with van der Waals surface area (Å²) in [4.78, 5) is 32.5. The van der Waals surface area contributed by atoms with Crippen LogP contribution >= 0.6 is 0 Å². The van der Waals surface area contributed by atoms with Crippen LogP contribution in [0.2, 0.25) is 0 Å². The van der Waals surface area contributed by atoms with E-state index in [-0.39, 0.29) is 23.5 Å². The van der Waals surface area contributed by atoms with Gasteiger partial charge in [-0.05, 0) is 36.8 Å². The van der Waals surface area contributed by atoms with E-state index in [2.05, 4.69) is 21.9 Å². The minimum atomic E-state index is -2.90. The summed E-state index contributed by atoms with van der Waals surface area (Å²) >= 11 is 0. The van der Waals surface area contributed by atoms with Gasteiger partial charge in [0.05, 0.1) is 11.3 Å². The molecule has 2 aromatic heterocycles. The third kappa shape index (κ3) is 5.30. The Labute approximate surface area is 189 Å². The Bertz CT molecular complexity index is 1270. The predicted octanol–water partition coefficient (Wildman–Crippen LogP) is 4.33. The van der Waals surface area contributed by atoms with Crippen molar-refractivity contribution in [3.8, 4) is 0 Å². The average molecular weight is 458 g/mol. The summed E-state index contributed by atoms with van der Waals surface area (Å²) in [6.45, 7) is 6.91. The van der Waals surface area contributed by atoms with Gasteiger partial charge in [0, 0.05) is 30.6 Å². The average Bonchev–Trinajstić information content (AvgIpc) is 2.75. The molecule has 6 nitrogen and oxygen atoms in total. The Balaban J connectivity index is 1.96. The lowest BCUT2D eigenvalue weighted by atomic mass is 9.92. The monoisotopic (exact) mass is 458 g/mol. The molecule has 0 bridgehead atoms. The number of alkyl halides is 2. The zero-order chi connectivity index (χ0) is 24.3. The second-order valence-corrected chi connectivity index (χ2v) is 8.03. The molecule has 1 aromatic carbocycles. The molecule has 0 spiro atoms. The molecule has 3 rings (SSSR count). The molecule has 0 aliphatic carbocycles. The van der Waals surface area contributed by atoms with E-state index in [1.165, 1.54) is 30.0 Å². The Morgan fingerprint density at radius 3 is 2.61 bits per heavy atom. The van der Waals surface area contributed by atoms with Crippen molar-refractivity contribution in [2.24, 2.45) is 7.05 Å². The van der Waals surface area contributed by atoms with E-state index >= 15 is 0 Å². The molecule has 33 heavy (non-hydrogen) atoms. The van der Waals surface area contributed by atoms with Gasteiger partial charge in [-0.3, -0.25) is 14.2 Å². The molecule has 0 saturated heterocycles. The topological polar surface area (TPSA) is 76.9 Å². The number of hydrogen-bond donors (Lipinski definition) is 1. The van der Waals surface area contributed by atoms with Gasteiger partial charge in [0.25, 0.3) is 12.0 Å². The zero-order valence-electron chi connectivity index (χ0n) is 18.7. The Morgan fingerprint density at radius 2 is 1.94 bits per heavy atom. The van der Waals surface area contributed by atoms with Crippen LogP contribution in [0.4, 0.5) is 13.2 Å². The summed E-state index contributed by atoms with van der Waals surface area (Å²) in [6, 6.07) is 5.68. The normalized spacial score (nSPS) is 12.2. The van der Waals surface area contributed by atoms with E-state index in [1.54, 1.807) is 20.0 Å². The van der Waals surface area contributed by atoms with Crippen LogP contribution in [0, 0.1) is 5.82 Å². The number of fused-ring (bicyclic) bond motifs is 1. The standard InChI is InChI=1S/C24H25F3N4O2/c1-13(17-6-5-7-18(21(17)25)22(26)27)10-20-19-11-16(9-8-14(2)30-15(3)32)24(33)31(4)23(19)29-12-28-20/h5-7,11-13,22H,2,8-10H2,1,3-4H3,(H,30,32)/t13-/m0/s1. The van der Waals surface area contributed by atoms with Crippen molar-refractivity contribution in [1.82, 2.24) is 19.9 Å².